The lowest BCUT2D eigenvalue weighted by Crippen LogP contribution is -2.41. The number of amides is 2. The third-order valence-electron chi connectivity index (χ3n) is 5.24. The van der Waals surface area contributed by atoms with Gasteiger partial charge in [0.25, 0.3) is 0 Å². The zero-order chi connectivity index (χ0) is 15.5. The first-order chi connectivity index (χ1) is 9.90. The molecule has 5 nitrogen and oxygen atoms in total. The van der Waals surface area contributed by atoms with Crippen molar-refractivity contribution in [3.8, 4) is 0 Å². The molecule has 2 rings (SSSR count). The van der Waals surface area contributed by atoms with Crippen molar-refractivity contribution in [1.29, 1.82) is 0 Å². The molecule has 1 saturated heterocycles. The number of carboxylic acids is 1. The van der Waals surface area contributed by atoms with E-state index >= 15 is 0 Å². The van der Waals surface area contributed by atoms with Crippen molar-refractivity contribution in [2.24, 2.45) is 17.3 Å². The Bertz CT molecular complexity index is 391. The summed E-state index contributed by atoms with van der Waals surface area (Å²) in [5, 5.41) is 12.1. The first-order valence-corrected chi connectivity index (χ1v) is 8.17. The molecule has 120 valence electrons. The standard InChI is InChI=1S/C16H28N2O3/c1-12-3-5-13(6-4-12)7-9-17-15(21)18-10-8-16(2,11-18)14(19)20/h12-13H,3-11H2,1-2H3,(H,17,21)(H,19,20). The Hall–Kier alpha value is -1.26. The highest BCUT2D eigenvalue weighted by Crippen LogP contribution is 2.31. The summed E-state index contributed by atoms with van der Waals surface area (Å²) in [5.41, 5.74) is -0.781. The third kappa shape index (κ3) is 4.11. The Labute approximate surface area is 127 Å². The second kappa shape index (κ2) is 6.67. The summed E-state index contributed by atoms with van der Waals surface area (Å²) in [5.74, 6) is 0.785. The van der Waals surface area contributed by atoms with Gasteiger partial charge >= 0.3 is 12.0 Å². The highest BCUT2D eigenvalue weighted by molar-refractivity contribution is 5.79. The Morgan fingerprint density at radius 1 is 1.29 bits per heavy atom. The molecule has 1 atom stereocenters. The number of carboxylic acid groups (broad SMARTS) is 1. The number of nitrogens with one attached hydrogen (secondary N) is 1. The maximum Gasteiger partial charge on any atom is 0.317 e. The number of rotatable bonds is 4. The number of carbonyl (C=O) groups excluding carboxylic acids is 1. The van der Waals surface area contributed by atoms with E-state index in [4.69, 9.17) is 0 Å². The van der Waals surface area contributed by atoms with Gasteiger partial charge in [-0.2, -0.15) is 0 Å². The molecule has 0 aromatic carbocycles. The van der Waals surface area contributed by atoms with Gasteiger partial charge in [0.1, 0.15) is 0 Å². The number of nitrogens with zero attached hydrogens (tertiary/aromatic N) is 1. The van der Waals surface area contributed by atoms with Crippen molar-refractivity contribution in [2.45, 2.75) is 52.4 Å². The number of likely N-dealkylation sites (tertiary alicyclic amines) is 1. The average molecular weight is 296 g/mol. The summed E-state index contributed by atoms with van der Waals surface area (Å²) in [7, 11) is 0. The van der Waals surface area contributed by atoms with Gasteiger partial charge in [0, 0.05) is 19.6 Å². The van der Waals surface area contributed by atoms with E-state index in [1.54, 1.807) is 11.8 Å². The normalized spacial score (nSPS) is 33.0. The van der Waals surface area contributed by atoms with E-state index in [-0.39, 0.29) is 6.03 Å². The van der Waals surface area contributed by atoms with Crippen LogP contribution in [0.25, 0.3) is 0 Å². The number of hydrogen-bond donors (Lipinski definition) is 2. The molecule has 0 bridgehead atoms. The topological polar surface area (TPSA) is 69.6 Å². The molecule has 0 radical (unpaired) electrons. The Balaban J connectivity index is 1.67. The molecule has 2 N–H and O–H groups in total. The van der Waals surface area contributed by atoms with E-state index in [2.05, 4.69) is 12.2 Å². The Morgan fingerprint density at radius 2 is 1.95 bits per heavy atom. The molecule has 1 heterocycles. The molecule has 1 saturated carbocycles. The minimum Gasteiger partial charge on any atom is -0.481 e. The van der Waals surface area contributed by atoms with Crippen molar-refractivity contribution in [1.82, 2.24) is 10.2 Å². The fourth-order valence-corrected chi connectivity index (χ4v) is 3.42. The van der Waals surface area contributed by atoms with Gasteiger partial charge in [0.05, 0.1) is 5.41 Å². The molecule has 0 aromatic rings. The molecule has 5 heteroatoms. The molecule has 21 heavy (non-hydrogen) atoms. The van der Waals surface area contributed by atoms with E-state index in [1.807, 2.05) is 0 Å². The zero-order valence-electron chi connectivity index (χ0n) is 13.2. The van der Waals surface area contributed by atoms with Crippen LogP contribution in [0.4, 0.5) is 4.79 Å². The first kappa shape index (κ1) is 16.1. The van der Waals surface area contributed by atoms with Crippen molar-refractivity contribution < 1.29 is 14.7 Å². The van der Waals surface area contributed by atoms with Crippen molar-refractivity contribution in [2.75, 3.05) is 19.6 Å². The minimum atomic E-state index is -0.811. The van der Waals surface area contributed by atoms with Crippen LogP contribution in [0.1, 0.15) is 52.4 Å². The van der Waals surface area contributed by atoms with Gasteiger partial charge in [0.15, 0.2) is 0 Å². The van der Waals surface area contributed by atoms with E-state index in [9.17, 15) is 14.7 Å². The molecule has 1 unspecified atom stereocenters. The summed E-state index contributed by atoms with van der Waals surface area (Å²) < 4.78 is 0. The molecular weight excluding hydrogens is 268 g/mol. The van der Waals surface area contributed by atoms with Gasteiger partial charge in [0.2, 0.25) is 0 Å². The van der Waals surface area contributed by atoms with Gasteiger partial charge in [-0.1, -0.05) is 32.6 Å². The highest BCUT2D eigenvalue weighted by Gasteiger charge is 2.42. The number of urea groups is 1. The number of hydrogen-bond acceptors (Lipinski definition) is 2. The predicted octanol–water partition coefficient (Wildman–Crippen LogP) is 2.71. The fourth-order valence-electron chi connectivity index (χ4n) is 3.42. The molecule has 0 spiro atoms. The van der Waals surface area contributed by atoms with E-state index in [0.717, 1.165) is 18.3 Å². The predicted molar refractivity (Wildman–Crippen MR) is 81.1 cm³/mol. The lowest BCUT2D eigenvalue weighted by atomic mass is 9.81. The molecular formula is C16H28N2O3. The minimum absolute atomic E-state index is 0.107. The van der Waals surface area contributed by atoms with Crippen LogP contribution in [0.15, 0.2) is 0 Å². The molecule has 0 aromatic heterocycles. The van der Waals surface area contributed by atoms with Crippen LogP contribution in [0.3, 0.4) is 0 Å². The number of carbonyl (C=O) groups is 2. The van der Waals surface area contributed by atoms with E-state index in [1.165, 1.54) is 25.7 Å². The summed E-state index contributed by atoms with van der Waals surface area (Å²) in [6.45, 7) is 5.58. The van der Waals surface area contributed by atoms with Gasteiger partial charge in [-0.05, 0) is 31.6 Å². The molecule has 2 amide bonds. The van der Waals surface area contributed by atoms with Crippen LogP contribution < -0.4 is 5.32 Å². The lowest BCUT2D eigenvalue weighted by Gasteiger charge is -2.26. The van der Waals surface area contributed by atoms with Crippen molar-refractivity contribution >= 4 is 12.0 Å². The lowest BCUT2D eigenvalue weighted by molar-refractivity contribution is -0.146. The zero-order valence-corrected chi connectivity index (χ0v) is 13.2. The molecule has 2 aliphatic rings. The van der Waals surface area contributed by atoms with Crippen molar-refractivity contribution in [3.63, 3.8) is 0 Å². The fraction of sp³-hybridized carbons (Fsp3) is 0.875. The first-order valence-electron chi connectivity index (χ1n) is 8.17. The quantitative estimate of drug-likeness (QED) is 0.838. The SMILES string of the molecule is CC1CCC(CCNC(=O)N2CCC(C)(C(=O)O)C2)CC1. The molecule has 1 aliphatic carbocycles. The third-order valence-corrected chi connectivity index (χ3v) is 5.24. The van der Waals surface area contributed by atoms with Crippen LogP contribution in [0.2, 0.25) is 0 Å². The Morgan fingerprint density at radius 3 is 2.52 bits per heavy atom. The average Bonchev–Trinajstić information content (AvgIpc) is 2.85. The van der Waals surface area contributed by atoms with Crippen LogP contribution in [0, 0.1) is 17.3 Å². The van der Waals surface area contributed by atoms with Gasteiger partial charge < -0.3 is 15.3 Å². The molecule has 2 fully saturated rings. The summed E-state index contributed by atoms with van der Waals surface area (Å²) in [6, 6.07) is -0.107. The van der Waals surface area contributed by atoms with E-state index < -0.39 is 11.4 Å². The van der Waals surface area contributed by atoms with Crippen molar-refractivity contribution in [3.05, 3.63) is 0 Å². The highest BCUT2D eigenvalue weighted by atomic mass is 16.4. The van der Waals surface area contributed by atoms with E-state index in [0.29, 0.717) is 26.1 Å². The monoisotopic (exact) mass is 296 g/mol. The summed E-state index contributed by atoms with van der Waals surface area (Å²) in [4.78, 5) is 24.9. The maximum absolute atomic E-state index is 12.1. The summed E-state index contributed by atoms with van der Waals surface area (Å²) in [6.07, 6.45) is 6.75. The Kier molecular flexibility index (Phi) is 5.12. The second-order valence-electron chi connectivity index (χ2n) is 7.18. The van der Waals surface area contributed by atoms with Crippen LogP contribution in [-0.2, 0) is 4.79 Å². The summed E-state index contributed by atoms with van der Waals surface area (Å²) >= 11 is 0. The number of aliphatic carboxylic acids is 1. The van der Waals surface area contributed by atoms with Crippen LogP contribution in [0.5, 0.6) is 0 Å². The van der Waals surface area contributed by atoms with Gasteiger partial charge in [-0.3, -0.25) is 4.79 Å². The smallest absolute Gasteiger partial charge is 0.317 e. The van der Waals surface area contributed by atoms with Crippen LogP contribution in [-0.4, -0.2) is 41.6 Å². The second-order valence-corrected chi connectivity index (χ2v) is 7.18. The largest absolute Gasteiger partial charge is 0.481 e. The molecule has 1 aliphatic heterocycles. The van der Waals surface area contributed by atoms with Gasteiger partial charge in [-0.25, -0.2) is 4.79 Å². The van der Waals surface area contributed by atoms with Crippen LogP contribution >= 0.6 is 0 Å². The maximum atomic E-state index is 12.1. The van der Waals surface area contributed by atoms with Gasteiger partial charge in [-0.15, -0.1) is 0 Å².